The number of carbonyl (C=O) groups excluding carboxylic acids is 1. The maximum absolute atomic E-state index is 13.9. The van der Waals surface area contributed by atoms with Crippen LogP contribution < -0.4 is 29.0 Å². The molecule has 47 heavy (non-hydrogen) atoms. The highest BCUT2D eigenvalue weighted by Crippen LogP contribution is 2.29. The Morgan fingerprint density at radius 3 is 1.55 bits per heavy atom. The quantitative estimate of drug-likeness (QED) is 0.0742. The normalized spacial score (nSPS) is 11.6. The standard InChI is InChI=1S/C32H36N6O8S/c1-21(38(37-33)18-22-6-12-25(42-2)13-7-22)34-29(39)28-30(45-19-23-8-14-26(43-3)15-9-23)35-32(47(5,40)41)36-31(28)46-20-24-10-16-27(44-4)17-11-24/h6-17,21,33H,18-20H2,1-5H3,(H,34,39). The van der Waals surface area contributed by atoms with Gasteiger partial charge in [0.2, 0.25) is 21.6 Å². The van der Waals surface area contributed by atoms with Gasteiger partial charge in [-0.2, -0.15) is 15.5 Å². The molecule has 0 aliphatic carbocycles. The zero-order chi connectivity index (χ0) is 34.0. The Hall–Kier alpha value is -5.44. The van der Waals surface area contributed by atoms with Crippen LogP contribution in [0.1, 0.15) is 34.0 Å². The predicted molar refractivity (Wildman–Crippen MR) is 170 cm³/mol. The molecule has 1 unspecified atom stereocenters. The summed E-state index contributed by atoms with van der Waals surface area (Å²) in [7, 11) is 0.698. The van der Waals surface area contributed by atoms with Gasteiger partial charge in [-0.15, -0.1) is 0 Å². The fraction of sp³-hybridized carbons (Fsp3) is 0.281. The molecule has 0 spiro atoms. The number of hydrogen-bond acceptors (Lipinski definition) is 12. The molecule has 0 saturated heterocycles. The molecule has 1 amide bonds. The van der Waals surface area contributed by atoms with Crippen LogP contribution in [0, 0.1) is 5.53 Å². The second-order valence-electron chi connectivity index (χ2n) is 10.2. The first-order valence-electron chi connectivity index (χ1n) is 14.3. The first-order chi connectivity index (χ1) is 22.5. The number of amides is 1. The monoisotopic (exact) mass is 664 g/mol. The molecule has 1 aromatic heterocycles. The van der Waals surface area contributed by atoms with E-state index in [0.29, 0.717) is 28.4 Å². The van der Waals surface area contributed by atoms with Crippen molar-refractivity contribution in [3.63, 3.8) is 0 Å². The Morgan fingerprint density at radius 2 is 1.19 bits per heavy atom. The Morgan fingerprint density at radius 1 is 0.787 bits per heavy atom. The van der Waals surface area contributed by atoms with Gasteiger partial charge in [-0.1, -0.05) is 41.6 Å². The van der Waals surface area contributed by atoms with Crippen LogP contribution in [0.2, 0.25) is 0 Å². The average Bonchev–Trinajstić information content (AvgIpc) is 3.08. The molecule has 1 atom stereocenters. The van der Waals surface area contributed by atoms with Crippen molar-refractivity contribution >= 4 is 15.7 Å². The van der Waals surface area contributed by atoms with Crippen molar-refractivity contribution in [3.05, 3.63) is 95.1 Å². The summed E-state index contributed by atoms with van der Waals surface area (Å²) in [5, 5.41) is 7.13. The van der Waals surface area contributed by atoms with E-state index in [1.807, 2.05) is 12.1 Å². The number of hydrogen-bond donors (Lipinski definition) is 2. The third-order valence-electron chi connectivity index (χ3n) is 6.87. The summed E-state index contributed by atoms with van der Waals surface area (Å²) in [4.78, 5) is 22.2. The van der Waals surface area contributed by atoms with Crippen LogP contribution in [0.15, 0.2) is 83.2 Å². The zero-order valence-corrected chi connectivity index (χ0v) is 27.4. The molecule has 0 fully saturated rings. The molecule has 2 N–H and O–H groups in total. The second kappa shape index (κ2) is 15.7. The van der Waals surface area contributed by atoms with E-state index < -0.39 is 27.1 Å². The molecule has 14 nitrogen and oxygen atoms in total. The Kier molecular flexibility index (Phi) is 11.5. The minimum atomic E-state index is -3.96. The van der Waals surface area contributed by atoms with Crippen molar-refractivity contribution in [1.82, 2.24) is 20.3 Å². The summed E-state index contributed by atoms with van der Waals surface area (Å²) in [5.74, 6) is 0.585. The van der Waals surface area contributed by atoms with Gasteiger partial charge < -0.3 is 29.0 Å². The van der Waals surface area contributed by atoms with Gasteiger partial charge in [0.15, 0.2) is 5.56 Å². The van der Waals surface area contributed by atoms with Gasteiger partial charge >= 0.3 is 0 Å². The highest BCUT2D eigenvalue weighted by Gasteiger charge is 2.29. The highest BCUT2D eigenvalue weighted by molar-refractivity contribution is 7.90. The van der Waals surface area contributed by atoms with E-state index in [4.69, 9.17) is 29.2 Å². The fourth-order valence-electron chi connectivity index (χ4n) is 4.23. The Bertz CT molecular complexity index is 1700. The van der Waals surface area contributed by atoms with Gasteiger partial charge in [0.25, 0.3) is 11.1 Å². The summed E-state index contributed by atoms with van der Waals surface area (Å²) in [6.45, 7) is 1.70. The summed E-state index contributed by atoms with van der Waals surface area (Å²) in [6.07, 6.45) is 0.137. The molecule has 3 aromatic carbocycles. The molecule has 0 aliphatic heterocycles. The van der Waals surface area contributed by atoms with Crippen molar-refractivity contribution < 1.29 is 36.9 Å². The number of rotatable bonds is 16. The molecular formula is C32H36N6O8S. The molecule has 15 heteroatoms. The molecule has 1 heterocycles. The number of methoxy groups -OCH3 is 3. The maximum atomic E-state index is 13.9. The van der Waals surface area contributed by atoms with E-state index in [-0.39, 0.29) is 37.1 Å². The van der Waals surface area contributed by atoms with Gasteiger partial charge in [-0.3, -0.25) is 9.80 Å². The van der Waals surface area contributed by atoms with Crippen LogP contribution >= 0.6 is 0 Å². The smallest absolute Gasteiger partial charge is 0.263 e. The number of ether oxygens (including phenoxy) is 5. The minimum Gasteiger partial charge on any atom is -0.497 e. The number of aromatic nitrogens is 2. The SMILES string of the molecule is COc1ccc(COc2nc(S(C)(=O)=O)nc(OCc3ccc(OC)cc3)c2C(=O)NC(C)N(Cc2ccc(OC)cc2)N=N)cc1. The second-order valence-corrected chi connectivity index (χ2v) is 12.1. The molecular weight excluding hydrogens is 628 g/mol. The molecule has 4 aromatic rings. The molecule has 0 radical (unpaired) electrons. The van der Waals surface area contributed by atoms with E-state index in [1.165, 1.54) is 5.01 Å². The van der Waals surface area contributed by atoms with Crippen LogP contribution in [0.25, 0.3) is 0 Å². The van der Waals surface area contributed by atoms with Gasteiger partial charge in [-0.25, -0.2) is 8.42 Å². The summed E-state index contributed by atoms with van der Waals surface area (Å²) in [5.41, 5.74) is 9.72. The van der Waals surface area contributed by atoms with E-state index in [2.05, 4.69) is 20.5 Å². The first-order valence-corrected chi connectivity index (χ1v) is 16.1. The predicted octanol–water partition coefficient (Wildman–Crippen LogP) is 4.59. The molecule has 4 rings (SSSR count). The summed E-state index contributed by atoms with van der Waals surface area (Å²) in [6, 6.07) is 21.2. The van der Waals surface area contributed by atoms with Crippen molar-refractivity contribution in [2.75, 3.05) is 27.6 Å². The lowest BCUT2D eigenvalue weighted by Crippen LogP contribution is -2.43. The van der Waals surface area contributed by atoms with Crippen molar-refractivity contribution in [3.8, 4) is 29.0 Å². The van der Waals surface area contributed by atoms with Crippen molar-refractivity contribution in [2.24, 2.45) is 5.22 Å². The topological polar surface area (TPSA) is 175 Å². The number of sulfone groups is 1. The number of carbonyl (C=O) groups is 1. The molecule has 0 saturated carbocycles. The molecule has 0 bridgehead atoms. The van der Waals surface area contributed by atoms with Gasteiger partial charge in [-0.05, 0) is 60.0 Å². The number of benzene rings is 3. The lowest BCUT2D eigenvalue weighted by atomic mass is 10.2. The summed E-state index contributed by atoms with van der Waals surface area (Å²) >= 11 is 0. The lowest BCUT2D eigenvalue weighted by molar-refractivity contribution is 0.0830. The Labute approximate surface area is 273 Å². The fourth-order valence-corrected chi connectivity index (χ4v) is 4.73. The van der Waals surface area contributed by atoms with Crippen LogP contribution in [-0.4, -0.2) is 63.1 Å². The first kappa shape index (κ1) is 34.4. The third kappa shape index (κ3) is 9.29. The zero-order valence-electron chi connectivity index (χ0n) is 26.6. The van der Waals surface area contributed by atoms with Gasteiger partial charge in [0.1, 0.15) is 36.6 Å². The number of nitrogens with zero attached hydrogens (tertiary/aromatic N) is 4. The van der Waals surface area contributed by atoms with E-state index >= 15 is 0 Å². The van der Waals surface area contributed by atoms with E-state index in [1.54, 1.807) is 88.9 Å². The van der Waals surface area contributed by atoms with E-state index in [9.17, 15) is 13.2 Å². The highest BCUT2D eigenvalue weighted by atomic mass is 32.2. The largest absolute Gasteiger partial charge is 0.497 e. The van der Waals surface area contributed by atoms with Crippen LogP contribution in [0.3, 0.4) is 0 Å². The minimum absolute atomic E-state index is 0.0659. The van der Waals surface area contributed by atoms with Crippen molar-refractivity contribution in [1.29, 1.82) is 5.53 Å². The van der Waals surface area contributed by atoms with Crippen molar-refractivity contribution in [2.45, 2.75) is 38.0 Å². The Balaban J connectivity index is 1.68. The molecule has 248 valence electrons. The van der Waals surface area contributed by atoms with Crippen LogP contribution in [-0.2, 0) is 29.6 Å². The third-order valence-corrected chi connectivity index (χ3v) is 7.72. The maximum Gasteiger partial charge on any atom is 0.263 e. The molecule has 0 aliphatic rings. The van der Waals surface area contributed by atoms with Crippen LogP contribution in [0.5, 0.6) is 29.0 Å². The van der Waals surface area contributed by atoms with Gasteiger partial charge in [0, 0.05) is 6.26 Å². The van der Waals surface area contributed by atoms with E-state index in [0.717, 1.165) is 11.8 Å². The summed E-state index contributed by atoms with van der Waals surface area (Å²) < 4.78 is 52.8. The number of nitrogens with one attached hydrogen (secondary N) is 2. The lowest BCUT2D eigenvalue weighted by Gasteiger charge is -2.26. The van der Waals surface area contributed by atoms with Gasteiger partial charge in [0.05, 0.1) is 27.9 Å². The average molecular weight is 665 g/mol. The van der Waals surface area contributed by atoms with Crippen LogP contribution in [0.4, 0.5) is 0 Å².